The van der Waals surface area contributed by atoms with E-state index in [1.807, 2.05) is 26.0 Å². The molecule has 1 aromatic carbocycles. The lowest BCUT2D eigenvalue weighted by Crippen LogP contribution is -2.41. The number of nitrogens with zero attached hydrogens (tertiary/aromatic N) is 1. The number of rotatable bonds is 3. The molecule has 0 saturated carbocycles. The van der Waals surface area contributed by atoms with E-state index in [0.717, 1.165) is 42.3 Å². The molecule has 0 spiro atoms. The molecule has 0 aliphatic carbocycles. The SMILES string of the molecule is Cc1cc(OCC(=O)N2CCCCC(N)C2)c2c(C)c(C)c(=O)oc2c1. The van der Waals surface area contributed by atoms with Crippen molar-refractivity contribution in [2.75, 3.05) is 19.7 Å². The van der Waals surface area contributed by atoms with Crippen molar-refractivity contribution >= 4 is 16.9 Å². The summed E-state index contributed by atoms with van der Waals surface area (Å²) < 4.78 is 11.3. The summed E-state index contributed by atoms with van der Waals surface area (Å²) in [5.41, 5.74) is 8.45. The molecular formula is C20H26N2O4. The van der Waals surface area contributed by atoms with Crippen molar-refractivity contribution in [3.63, 3.8) is 0 Å². The second-order valence-electron chi connectivity index (χ2n) is 7.16. The summed E-state index contributed by atoms with van der Waals surface area (Å²) in [4.78, 5) is 26.3. The molecule has 26 heavy (non-hydrogen) atoms. The van der Waals surface area contributed by atoms with E-state index < -0.39 is 0 Å². The van der Waals surface area contributed by atoms with Crippen LogP contribution in [0.25, 0.3) is 11.0 Å². The van der Waals surface area contributed by atoms with Gasteiger partial charge in [0.15, 0.2) is 6.61 Å². The van der Waals surface area contributed by atoms with Crippen LogP contribution in [-0.4, -0.2) is 36.5 Å². The van der Waals surface area contributed by atoms with E-state index in [1.165, 1.54) is 0 Å². The van der Waals surface area contributed by atoms with E-state index >= 15 is 0 Å². The summed E-state index contributed by atoms with van der Waals surface area (Å²) in [7, 11) is 0. The third-order valence-corrected chi connectivity index (χ3v) is 5.07. The average Bonchev–Trinajstić information content (AvgIpc) is 2.81. The number of likely N-dealkylation sites (tertiary alicyclic amines) is 1. The molecule has 1 aromatic heterocycles. The van der Waals surface area contributed by atoms with Crippen LogP contribution in [0.1, 0.15) is 36.0 Å². The van der Waals surface area contributed by atoms with Crippen LogP contribution >= 0.6 is 0 Å². The minimum Gasteiger partial charge on any atom is -0.483 e. The van der Waals surface area contributed by atoms with Crippen LogP contribution in [0.2, 0.25) is 0 Å². The van der Waals surface area contributed by atoms with Crippen LogP contribution in [0, 0.1) is 20.8 Å². The lowest BCUT2D eigenvalue weighted by molar-refractivity contribution is -0.133. The van der Waals surface area contributed by atoms with E-state index in [2.05, 4.69) is 0 Å². The van der Waals surface area contributed by atoms with Crippen molar-refractivity contribution in [3.05, 3.63) is 39.2 Å². The molecule has 2 N–H and O–H groups in total. The third-order valence-electron chi connectivity index (χ3n) is 5.07. The highest BCUT2D eigenvalue weighted by atomic mass is 16.5. The molecule has 1 amide bonds. The van der Waals surface area contributed by atoms with Gasteiger partial charge in [0.05, 0.1) is 5.39 Å². The van der Waals surface area contributed by atoms with Gasteiger partial charge in [-0.25, -0.2) is 4.79 Å². The molecule has 0 radical (unpaired) electrons. The molecule has 1 aliphatic rings. The van der Waals surface area contributed by atoms with Crippen molar-refractivity contribution in [1.29, 1.82) is 0 Å². The van der Waals surface area contributed by atoms with Crippen molar-refractivity contribution in [2.24, 2.45) is 5.73 Å². The lowest BCUT2D eigenvalue weighted by atomic mass is 10.0. The number of nitrogens with two attached hydrogens (primary N) is 1. The molecule has 140 valence electrons. The first kappa shape index (κ1) is 18.5. The second-order valence-corrected chi connectivity index (χ2v) is 7.16. The zero-order valence-electron chi connectivity index (χ0n) is 15.6. The number of carbonyl (C=O) groups excluding carboxylic acids is 1. The Labute approximate surface area is 152 Å². The molecule has 1 saturated heterocycles. The number of amides is 1. The number of aryl methyl sites for hydroxylation is 2. The number of hydrogen-bond acceptors (Lipinski definition) is 5. The third kappa shape index (κ3) is 3.75. The van der Waals surface area contributed by atoms with Gasteiger partial charge in [-0.3, -0.25) is 4.79 Å². The first-order chi connectivity index (χ1) is 12.4. The Morgan fingerprint density at radius 1 is 1.27 bits per heavy atom. The molecule has 1 aliphatic heterocycles. The van der Waals surface area contributed by atoms with Gasteiger partial charge in [-0.1, -0.05) is 6.42 Å². The summed E-state index contributed by atoms with van der Waals surface area (Å²) in [6.45, 7) is 6.74. The van der Waals surface area contributed by atoms with E-state index in [4.69, 9.17) is 14.9 Å². The quantitative estimate of drug-likeness (QED) is 0.852. The molecule has 3 rings (SSSR count). The van der Waals surface area contributed by atoms with Crippen molar-refractivity contribution in [2.45, 2.75) is 46.1 Å². The molecule has 6 nitrogen and oxygen atoms in total. The Morgan fingerprint density at radius 2 is 2.04 bits per heavy atom. The monoisotopic (exact) mass is 358 g/mol. The smallest absolute Gasteiger partial charge is 0.339 e. The van der Waals surface area contributed by atoms with Gasteiger partial charge in [0.2, 0.25) is 0 Å². The molecule has 1 fully saturated rings. The van der Waals surface area contributed by atoms with Crippen LogP contribution in [-0.2, 0) is 4.79 Å². The molecule has 6 heteroatoms. The summed E-state index contributed by atoms with van der Waals surface area (Å²) in [5.74, 6) is 0.501. The maximum absolute atomic E-state index is 12.6. The van der Waals surface area contributed by atoms with E-state index in [0.29, 0.717) is 23.4 Å². The van der Waals surface area contributed by atoms with Crippen LogP contribution < -0.4 is 16.1 Å². The Bertz CT molecular complexity index is 887. The van der Waals surface area contributed by atoms with Gasteiger partial charge in [0.25, 0.3) is 5.91 Å². The van der Waals surface area contributed by atoms with Crippen LogP contribution in [0.3, 0.4) is 0 Å². The molecule has 1 unspecified atom stereocenters. The van der Waals surface area contributed by atoms with Crippen LogP contribution in [0.5, 0.6) is 5.75 Å². The molecule has 2 heterocycles. The van der Waals surface area contributed by atoms with Crippen molar-refractivity contribution in [3.8, 4) is 5.75 Å². The predicted molar refractivity (Wildman–Crippen MR) is 101 cm³/mol. The minimum absolute atomic E-state index is 0.0282. The minimum atomic E-state index is -0.346. The number of carbonyl (C=O) groups is 1. The highest BCUT2D eigenvalue weighted by molar-refractivity contribution is 5.88. The summed E-state index contributed by atoms with van der Waals surface area (Å²) in [6.07, 6.45) is 2.97. The fourth-order valence-electron chi connectivity index (χ4n) is 3.43. The average molecular weight is 358 g/mol. The van der Waals surface area contributed by atoms with Gasteiger partial charge >= 0.3 is 5.63 Å². The van der Waals surface area contributed by atoms with Crippen molar-refractivity contribution in [1.82, 2.24) is 4.90 Å². The maximum Gasteiger partial charge on any atom is 0.339 e. The van der Waals surface area contributed by atoms with Gasteiger partial charge in [-0.15, -0.1) is 0 Å². The second kappa shape index (κ2) is 7.50. The largest absolute Gasteiger partial charge is 0.483 e. The Morgan fingerprint density at radius 3 is 2.81 bits per heavy atom. The van der Waals surface area contributed by atoms with Gasteiger partial charge in [-0.2, -0.15) is 0 Å². The van der Waals surface area contributed by atoms with Crippen LogP contribution in [0.4, 0.5) is 0 Å². The first-order valence-corrected chi connectivity index (χ1v) is 9.07. The topological polar surface area (TPSA) is 85.8 Å². The van der Waals surface area contributed by atoms with Gasteiger partial charge < -0.3 is 19.8 Å². The van der Waals surface area contributed by atoms with Crippen LogP contribution in [0.15, 0.2) is 21.3 Å². The first-order valence-electron chi connectivity index (χ1n) is 9.07. The van der Waals surface area contributed by atoms with E-state index in [1.54, 1.807) is 11.8 Å². The summed E-state index contributed by atoms with van der Waals surface area (Å²) >= 11 is 0. The number of benzene rings is 1. The highest BCUT2D eigenvalue weighted by Crippen LogP contribution is 2.30. The number of hydrogen-bond donors (Lipinski definition) is 1. The Kier molecular flexibility index (Phi) is 5.32. The number of fused-ring (bicyclic) bond motifs is 1. The summed E-state index contributed by atoms with van der Waals surface area (Å²) in [6, 6.07) is 3.71. The van der Waals surface area contributed by atoms with E-state index in [9.17, 15) is 9.59 Å². The molecule has 2 aromatic rings. The molecule has 1 atom stereocenters. The van der Waals surface area contributed by atoms with Gasteiger partial charge in [0.1, 0.15) is 11.3 Å². The zero-order chi connectivity index (χ0) is 18.8. The Balaban J connectivity index is 1.85. The normalized spacial score (nSPS) is 18.0. The fraction of sp³-hybridized carbons (Fsp3) is 0.500. The standard InChI is InChI=1S/C20H26N2O4/c1-12-8-16(19-13(2)14(3)20(24)26-17(19)9-12)25-11-18(23)22-7-5-4-6-15(21)10-22/h8-9,15H,4-7,10-11,21H2,1-3H3. The molecular weight excluding hydrogens is 332 g/mol. The highest BCUT2D eigenvalue weighted by Gasteiger charge is 2.21. The zero-order valence-corrected chi connectivity index (χ0v) is 15.6. The lowest BCUT2D eigenvalue weighted by Gasteiger charge is -2.23. The van der Waals surface area contributed by atoms with Gasteiger partial charge in [0, 0.05) is 24.7 Å². The fourth-order valence-corrected chi connectivity index (χ4v) is 3.43. The maximum atomic E-state index is 12.6. The van der Waals surface area contributed by atoms with Crippen molar-refractivity contribution < 1.29 is 13.9 Å². The van der Waals surface area contributed by atoms with Gasteiger partial charge in [-0.05, 0) is 56.9 Å². The molecule has 0 bridgehead atoms. The predicted octanol–water partition coefficient (Wildman–Crippen LogP) is 2.44. The Hall–Kier alpha value is -2.34. The van der Waals surface area contributed by atoms with E-state index in [-0.39, 0.29) is 24.2 Å². The number of ether oxygens (including phenoxy) is 1. The summed E-state index contributed by atoms with van der Waals surface area (Å²) in [5, 5.41) is 0.744.